The second kappa shape index (κ2) is 5.03. The Morgan fingerprint density at radius 1 is 1.20 bits per heavy atom. The predicted molar refractivity (Wildman–Crippen MR) is 37.7 cm³/mol. The summed E-state index contributed by atoms with van der Waals surface area (Å²) in [6, 6.07) is 0. The van der Waals surface area contributed by atoms with E-state index in [1.807, 2.05) is 0 Å². The molecule has 1 unspecified atom stereocenters. The molecule has 0 bridgehead atoms. The number of rotatable bonds is 5. The van der Waals surface area contributed by atoms with Crippen molar-refractivity contribution < 1.29 is 39.1 Å². The van der Waals surface area contributed by atoms with Crippen molar-refractivity contribution in [2.75, 3.05) is 0 Å². The van der Waals surface area contributed by atoms with E-state index in [0.717, 1.165) is 0 Å². The molecule has 0 aromatic carbocycles. The molecule has 0 aliphatic carbocycles. The van der Waals surface area contributed by atoms with Crippen molar-refractivity contribution in [3.63, 3.8) is 0 Å². The molecule has 0 amide bonds. The SMILES string of the molecule is O=S(=O)(O)OC(CCC(F)F)C(F)(F)F. The van der Waals surface area contributed by atoms with Crippen molar-refractivity contribution in [3.8, 4) is 0 Å². The smallest absolute Gasteiger partial charge is 0.264 e. The molecule has 0 aromatic heterocycles. The van der Waals surface area contributed by atoms with Gasteiger partial charge >= 0.3 is 16.6 Å². The van der Waals surface area contributed by atoms with Crippen LogP contribution in [0.25, 0.3) is 0 Å². The maximum Gasteiger partial charge on any atom is 0.416 e. The average Bonchev–Trinajstić information content (AvgIpc) is 1.93. The fraction of sp³-hybridized carbons (Fsp3) is 1.00. The second-order valence-corrected chi connectivity index (χ2v) is 3.57. The number of alkyl halides is 5. The van der Waals surface area contributed by atoms with Crippen LogP contribution in [0.4, 0.5) is 22.0 Å². The summed E-state index contributed by atoms with van der Waals surface area (Å²) in [5, 5.41) is 0. The molecule has 0 saturated heterocycles. The van der Waals surface area contributed by atoms with Crippen molar-refractivity contribution >= 4 is 10.4 Å². The van der Waals surface area contributed by atoms with E-state index in [9.17, 15) is 30.4 Å². The summed E-state index contributed by atoms with van der Waals surface area (Å²) in [4.78, 5) is 0. The molecule has 0 saturated carbocycles. The highest BCUT2D eigenvalue weighted by molar-refractivity contribution is 7.80. The maximum atomic E-state index is 12.0. The molecule has 92 valence electrons. The lowest BCUT2D eigenvalue weighted by atomic mass is 10.2. The van der Waals surface area contributed by atoms with Gasteiger partial charge in [0.15, 0.2) is 6.10 Å². The first kappa shape index (κ1) is 14.5. The highest BCUT2D eigenvalue weighted by atomic mass is 32.3. The minimum absolute atomic E-state index is 1.18. The summed E-state index contributed by atoms with van der Waals surface area (Å²) in [6.07, 6.45) is -13.5. The summed E-state index contributed by atoms with van der Waals surface area (Å²) in [6.45, 7) is 0. The third-order valence-electron chi connectivity index (χ3n) is 1.25. The molecule has 0 aliphatic heterocycles. The Balaban J connectivity index is 4.47. The molecule has 1 N–H and O–H groups in total. The molecular weight excluding hydrogens is 251 g/mol. The van der Waals surface area contributed by atoms with E-state index in [2.05, 4.69) is 4.18 Å². The summed E-state index contributed by atoms with van der Waals surface area (Å²) in [7, 11) is -5.32. The highest BCUT2D eigenvalue weighted by Crippen LogP contribution is 2.28. The van der Waals surface area contributed by atoms with Crippen molar-refractivity contribution in [3.05, 3.63) is 0 Å². The summed E-state index contributed by atoms with van der Waals surface area (Å²) in [5.41, 5.74) is 0. The van der Waals surface area contributed by atoms with Crippen LogP contribution in [0.3, 0.4) is 0 Å². The molecule has 0 rings (SSSR count). The van der Waals surface area contributed by atoms with E-state index in [1.165, 1.54) is 0 Å². The van der Waals surface area contributed by atoms with Gasteiger partial charge < -0.3 is 0 Å². The number of hydrogen-bond donors (Lipinski definition) is 1. The largest absolute Gasteiger partial charge is 0.416 e. The fourth-order valence-corrected chi connectivity index (χ4v) is 1.19. The van der Waals surface area contributed by atoms with Crippen LogP contribution < -0.4 is 0 Å². The van der Waals surface area contributed by atoms with Crippen LogP contribution in [0, 0.1) is 0 Å². The standard InChI is InChI=1S/C5H7F5O4S/c6-4(7)2-1-3(5(8,9)10)14-15(11,12)13/h3-4H,1-2H2,(H,11,12,13). The van der Waals surface area contributed by atoms with Gasteiger partial charge in [-0.25, -0.2) is 13.0 Å². The Hall–Kier alpha value is -0.480. The summed E-state index contributed by atoms with van der Waals surface area (Å²) >= 11 is 0. The highest BCUT2D eigenvalue weighted by Gasteiger charge is 2.43. The second-order valence-electron chi connectivity index (χ2n) is 2.52. The zero-order valence-electron chi connectivity index (χ0n) is 7.04. The van der Waals surface area contributed by atoms with E-state index >= 15 is 0 Å². The fourth-order valence-electron chi connectivity index (χ4n) is 0.690. The third-order valence-corrected chi connectivity index (χ3v) is 1.73. The summed E-state index contributed by atoms with van der Waals surface area (Å²) < 4.78 is 90.2. The van der Waals surface area contributed by atoms with Crippen LogP contribution >= 0.6 is 0 Å². The topological polar surface area (TPSA) is 63.6 Å². The van der Waals surface area contributed by atoms with Gasteiger partial charge in [-0.05, 0) is 6.42 Å². The lowest BCUT2D eigenvalue weighted by Crippen LogP contribution is -2.34. The van der Waals surface area contributed by atoms with Crippen molar-refractivity contribution in [1.82, 2.24) is 0 Å². The van der Waals surface area contributed by atoms with E-state index in [4.69, 9.17) is 4.55 Å². The van der Waals surface area contributed by atoms with Crippen LogP contribution in [0.15, 0.2) is 0 Å². The zero-order valence-corrected chi connectivity index (χ0v) is 7.86. The monoisotopic (exact) mass is 258 g/mol. The Labute approximate surface area is 82.0 Å². The summed E-state index contributed by atoms with van der Waals surface area (Å²) in [5.74, 6) is 0. The van der Waals surface area contributed by atoms with E-state index in [-0.39, 0.29) is 0 Å². The van der Waals surface area contributed by atoms with Crippen molar-refractivity contribution in [1.29, 1.82) is 0 Å². The minimum Gasteiger partial charge on any atom is -0.264 e. The van der Waals surface area contributed by atoms with E-state index in [0.29, 0.717) is 0 Å². The molecule has 10 heteroatoms. The predicted octanol–water partition coefficient (Wildman–Crippen LogP) is 1.78. The molecular formula is C5H7F5O4S. The Morgan fingerprint density at radius 3 is 1.93 bits per heavy atom. The molecule has 0 fully saturated rings. The van der Waals surface area contributed by atoms with Gasteiger partial charge in [0.2, 0.25) is 6.43 Å². The first-order valence-corrected chi connectivity index (χ1v) is 4.89. The lowest BCUT2D eigenvalue weighted by Gasteiger charge is -2.18. The van der Waals surface area contributed by atoms with Crippen LogP contribution in [-0.4, -0.2) is 31.7 Å². The molecule has 0 heterocycles. The molecule has 4 nitrogen and oxygen atoms in total. The van der Waals surface area contributed by atoms with Gasteiger partial charge in [-0.1, -0.05) is 0 Å². The third kappa shape index (κ3) is 7.45. The van der Waals surface area contributed by atoms with Gasteiger partial charge in [0, 0.05) is 6.42 Å². The van der Waals surface area contributed by atoms with Gasteiger partial charge in [0.25, 0.3) is 0 Å². The molecule has 0 aromatic rings. The lowest BCUT2D eigenvalue weighted by molar-refractivity contribution is -0.198. The zero-order chi connectivity index (χ0) is 12.3. The normalized spacial score (nSPS) is 15.7. The van der Waals surface area contributed by atoms with Gasteiger partial charge in [0.1, 0.15) is 0 Å². The molecule has 0 aliphatic rings. The maximum absolute atomic E-state index is 12.0. The van der Waals surface area contributed by atoms with Gasteiger partial charge in [-0.2, -0.15) is 21.6 Å². The number of halogens is 5. The minimum atomic E-state index is -5.32. The van der Waals surface area contributed by atoms with E-state index in [1.54, 1.807) is 0 Å². The molecule has 1 atom stereocenters. The molecule has 0 spiro atoms. The van der Waals surface area contributed by atoms with Crippen LogP contribution in [0.2, 0.25) is 0 Å². The van der Waals surface area contributed by atoms with Crippen LogP contribution in [0.1, 0.15) is 12.8 Å². The van der Waals surface area contributed by atoms with Crippen molar-refractivity contribution in [2.24, 2.45) is 0 Å². The Kier molecular flexibility index (Phi) is 4.87. The Bertz CT molecular complexity index is 284. The Morgan fingerprint density at radius 2 is 1.67 bits per heavy atom. The first-order chi connectivity index (χ1) is 6.52. The number of hydrogen-bond acceptors (Lipinski definition) is 3. The van der Waals surface area contributed by atoms with Crippen molar-refractivity contribution in [2.45, 2.75) is 31.5 Å². The van der Waals surface area contributed by atoms with Gasteiger partial charge in [0.05, 0.1) is 0 Å². The first-order valence-electron chi connectivity index (χ1n) is 3.53. The quantitative estimate of drug-likeness (QED) is 0.603. The van der Waals surface area contributed by atoms with Crippen LogP contribution in [0.5, 0.6) is 0 Å². The molecule has 0 radical (unpaired) electrons. The van der Waals surface area contributed by atoms with E-state index < -0.39 is 41.9 Å². The van der Waals surface area contributed by atoms with Crippen LogP contribution in [-0.2, 0) is 14.6 Å². The average molecular weight is 258 g/mol. The molecule has 15 heavy (non-hydrogen) atoms. The van der Waals surface area contributed by atoms with Gasteiger partial charge in [-0.15, -0.1) is 0 Å². The van der Waals surface area contributed by atoms with Gasteiger partial charge in [-0.3, -0.25) is 4.55 Å².